The third-order valence-electron chi connectivity index (χ3n) is 3.35. The van der Waals surface area contributed by atoms with Gasteiger partial charge in [-0.05, 0) is 31.3 Å². The molecule has 0 fully saturated rings. The highest BCUT2D eigenvalue weighted by molar-refractivity contribution is 7.98. The maximum absolute atomic E-state index is 12.3. The number of carboxylic acids is 1. The van der Waals surface area contributed by atoms with Crippen molar-refractivity contribution in [3.8, 4) is 0 Å². The van der Waals surface area contributed by atoms with Crippen molar-refractivity contribution in [1.29, 1.82) is 0 Å². The molecule has 0 saturated carbocycles. The molecular weight excluding hydrogens is 364 g/mol. The maximum Gasteiger partial charge on any atom is 0.328 e. The van der Waals surface area contributed by atoms with Crippen molar-refractivity contribution in [2.75, 3.05) is 25.2 Å². The Morgan fingerprint density at radius 1 is 1.12 bits per heavy atom. The van der Waals surface area contributed by atoms with Crippen molar-refractivity contribution in [1.82, 2.24) is 10.6 Å². The number of carbonyl (C=O) groups is 3. The predicted octanol–water partition coefficient (Wildman–Crippen LogP) is -2.83. The minimum Gasteiger partial charge on any atom is -0.480 e. The quantitative estimate of drug-likeness (QED) is 0.0977. The molecule has 11 nitrogen and oxygen atoms in total. The minimum absolute atomic E-state index is 0.0969. The van der Waals surface area contributed by atoms with Gasteiger partial charge in [0, 0.05) is 6.54 Å². The zero-order valence-electron chi connectivity index (χ0n) is 14.7. The van der Waals surface area contributed by atoms with Crippen LogP contribution in [0.3, 0.4) is 0 Å². The second-order valence-electron chi connectivity index (χ2n) is 5.48. The van der Waals surface area contributed by atoms with Crippen LogP contribution in [0.4, 0.5) is 0 Å². The Morgan fingerprint density at radius 2 is 1.73 bits per heavy atom. The van der Waals surface area contributed by atoms with Gasteiger partial charge >= 0.3 is 5.97 Å². The van der Waals surface area contributed by atoms with E-state index >= 15 is 0 Å². The van der Waals surface area contributed by atoms with Crippen LogP contribution in [0.5, 0.6) is 0 Å². The smallest absolute Gasteiger partial charge is 0.328 e. The molecule has 0 bridgehead atoms. The van der Waals surface area contributed by atoms with Gasteiger partial charge in [-0.1, -0.05) is 0 Å². The first-order valence-corrected chi connectivity index (χ1v) is 9.36. The first-order chi connectivity index (χ1) is 12.2. The Labute approximate surface area is 156 Å². The zero-order valence-corrected chi connectivity index (χ0v) is 15.5. The fourth-order valence-corrected chi connectivity index (χ4v) is 2.37. The Bertz CT molecular complexity index is 500. The third-order valence-corrected chi connectivity index (χ3v) is 3.99. The summed E-state index contributed by atoms with van der Waals surface area (Å²) in [5.74, 6) is -2.05. The normalized spacial score (nSPS) is 14.0. The summed E-state index contributed by atoms with van der Waals surface area (Å²) in [4.78, 5) is 39.1. The average molecular weight is 392 g/mol. The van der Waals surface area contributed by atoms with Gasteiger partial charge in [-0.2, -0.15) is 11.8 Å². The van der Waals surface area contributed by atoms with Gasteiger partial charge in [0.2, 0.25) is 11.8 Å². The molecule has 3 atom stereocenters. The number of carbonyl (C=O) groups excluding carboxylic acids is 2. The van der Waals surface area contributed by atoms with Gasteiger partial charge < -0.3 is 38.0 Å². The molecule has 0 saturated heterocycles. The Kier molecular flexibility index (Phi) is 12.2. The number of aliphatic carboxylic acids is 1. The fraction of sp³-hybridized carbons (Fsp3) is 0.714. The van der Waals surface area contributed by atoms with Crippen molar-refractivity contribution in [3.63, 3.8) is 0 Å². The Hall–Kier alpha value is -2.05. The molecule has 2 amide bonds. The summed E-state index contributed by atoms with van der Waals surface area (Å²) in [6.45, 7) is -0.536. The lowest BCUT2D eigenvalue weighted by molar-refractivity contribution is -0.143. The number of amides is 2. The highest BCUT2D eigenvalue weighted by atomic mass is 32.2. The Morgan fingerprint density at radius 3 is 2.23 bits per heavy atom. The van der Waals surface area contributed by atoms with Gasteiger partial charge in [0.05, 0.1) is 12.6 Å². The van der Waals surface area contributed by atoms with Crippen LogP contribution in [0, 0.1) is 0 Å². The van der Waals surface area contributed by atoms with Crippen LogP contribution in [-0.4, -0.2) is 77.2 Å². The number of hydrogen-bond acceptors (Lipinski definition) is 7. The van der Waals surface area contributed by atoms with Crippen molar-refractivity contribution >= 4 is 35.5 Å². The molecule has 0 spiro atoms. The summed E-state index contributed by atoms with van der Waals surface area (Å²) in [7, 11) is 0. The molecule has 0 aliphatic rings. The van der Waals surface area contributed by atoms with Crippen molar-refractivity contribution in [2.45, 2.75) is 37.4 Å². The number of thioether (sulfide) groups is 1. The van der Waals surface area contributed by atoms with Crippen LogP contribution in [0.25, 0.3) is 0 Å². The van der Waals surface area contributed by atoms with Gasteiger partial charge in [-0.25, -0.2) is 4.79 Å². The lowest BCUT2D eigenvalue weighted by Gasteiger charge is -2.22. The van der Waals surface area contributed by atoms with E-state index in [2.05, 4.69) is 15.6 Å². The molecule has 0 heterocycles. The lowest BCUT2D eigenvalue weighted by Crippen LogP contribution is -2.55. The molecule has 150 valence electrons. The number of aliphatic hydroxyl groups is 1. The number of guanidine groups is 1. The average Bonchev–Trinajstić information content (AvgIpc) is 2.58. The van der Waals surface area contributed by atoms with E-state index in [9.17, 15) is 14.4 Å². The number of aliphatic imine (C=N–C) groups is 1. The van der Waals surface area contributed by atoms with Crippen molar-refractivity contribution in [2.24, 2.45) is 22.2 Å². The summed E-state index contributed by atoms with van der Waals surface area (Å²) in [5, 5.41) is 22.6. The number of nitrogens with one attached hydrogen (secondary N) is 2. The van der Waals surface area contributed by atoms with E-state index < -0.39 is 42.5 Å². The van der Waals surface area contributed by atoms with Crippen LogP contribution in [0.2, 0.25) is 0 Å². The van der Waals surface area contributed by atoms with Crippen molar-refractivity contribution < 1.29 is 24.6 Å². The van der Waals surface area contributed by atoms with E-state index in [1.165, 1.54) is 11.8 Å². The van der Waals surface area contributed by atoms with E-state index in [0.717, 1.165) is 0 Å². The minimum atomic E-state index is -1.47. The molecule has 12 heteroatoms. The van der Waals surface area contributed by atoms with E-state index in [4.69, 9.17) is 27.4 Å². The standard InChI is InChI=1S/C14H28N6O5S/c1-26-6-4-8(15)11(22)19-9(3-2-5-18-14(16)17)12(23)20-10(7-21)13(24)25/h8-10,21H,2-7,15H2,1H3,(H,19,22)(H,20,23)(H,24,25)(H4,16,17,18). The number of aliphatic hydroxyl groups excluding tert-OH is 1. The molecule has 0 aliphatic carbocycles. The van der Waals surface area contributed by atoms with Gasteiger partial charge in [0.25, 0.3) is 0 Å². The number of rotatable bonds is 13. The molecule has 0 radical (unpaired) electrons. The monoisotopic (exact) mass is 392 g/mol. The zero-order chi connectivity index (χ0) is 20.1. The maximum atomic E-state index is 12.3. The molecule has 0 aliphatic heterocycles. The molecule has 0 rings (SSSR count). The van der Waals surface area contributed by atoms with E-state index in [1.807, 2.05) is 6.26 Å². The largest absolute Gasteiger partial charge is 0.480 e. The summed E-state index contributed by atoms with van der Waals surface area (Å²) in [5.41, 5.74) is 16.2. The van der Waals surface area contributed by atoms with Gasteiger partial charge in [-0.3, -0.25) is 14.6 Å². The highest BCUT2D eigenvalue weighted by Crippen LogP contribution is 2.03. The molecule has 0 aromatic rings. The first kappa shape index (κ1) is 23.9. The topological polar surface area (TPSA) is 206 Å². The van der Waals surface area contributed by atoms with Crippen molar-refractivity contribution in [3.05, 3.63) is 0 Å². The van der Waals surface area contributed by atoms with Crippen LogP contribution >= 0.6 is 11.8 Å². The SMILES string of the molecule is CSCCC(N)C(=O)NC(CCCN=C(N)N)C(=O)NC(CO)C(=O)O. The summed E-state index contributed by atoms with van der Waals surface area (Å²) < 4.78 is 0. The molecule has 3 unspecified atom stereocenters. The van der Waals surface area contributed by atoms with Crippen LogP contribution in [0.1, 0.15) is 19.3 Å². The van der Waals surface area contributed by atoms with E-state index in [0.29, 0.717) is 18.6 Å². The van der Waals surface area contributed by atoms with Gasteiger partial charge in [0.1, 0.15) is 12.1 Å². The van der Waals surface area contributed by atoms with Crippen LogP contribution in [0.15, 0.2) is 4.99 Å². The fourth-order valence-electron chi connectivity index (χ4n) is 1.88. The number of nitrogens with zero attached hydrogens (tertiary/aromatic N) is 1. The van der Waals surface area contributed by atoms with Gasteiger partial charge in [-0.15, -0.1) is 0 Å². The summed E-state index contributed by atoms with van der Waals surface area (Å²) in [6.07, 6.45) is 2.85. The molecule has 10 N–H and O–H groups in total. The molecular formula is C14H28N6O5S. The number of hydrogen-bond donors (Lipinski definition) is 7. The first-order valence-electron chi connectivity index (χ1n) is 7.97. The van der Waals surface area contributed by atoms with E-state index in [1.54, 1.807) is 0 Å². The lowest BCUT2D eigenvalue weighted by atomic mass is 10.1. The van der Waals surface area contributed by atoms with Gasteiger partial charge in [0.15, 0.2) is 5.96 Å². The number of carboxylic acid groups (broad SMARTS) is 1. The predicted molar refractivity (Wildman–Crippen MR) is 99.5 cm³/mol. The Balaban J connectivity index is 4.91. The highest BCUT2D eigenvalue weighted by Gasteiger charge is 2.27. The molecule has 0 aromatic heterocycles. The van der Waals surface area contributed by atoms with Crippen LogP contribution < -0.4 is 27.8 Å². The second-order valence-corrected chi connectivity index (χ2v) is 6.47. The number of nitrogens with two attached hydrogens (primary N) is 3. The van der Waals surface area contributed by atoms with Crippen LogP contribution in [-0.2, 0) is 14.4 Å². The second kappa shape index (κ2) is 13.2. The molecule has 26 heavy (non-hydrogen) atoms. The summed E-state index contributed by atoms with van der Waals surface area (Å²) in [6, 6.07) is -3.28. The molecule has 0 aromatic carbocycles. The summed E-state index contributed by atoms with van der Waals surface area (Å²) >= 11 is 1.54. The van der Waals surface area contributed by atoms with E-state index in [-0.39, 0.29) is 18.9 Å². The third kappa shape index (κ3) is 10.1.